The van der Waals surface area contributed by atoms with Crippen molar-refractivity contribution in [2.24, 2.45) is 5.92 Å². The summed E-state index contributed by atoms with van der Waals surface area (Å²) in [7, 11) is 0. The molecule has 2 heterocycles. The number of para-hydroxylation sites is 1. The van der Waals surface area contributed by atoms with Gasteiger partial charge in [0, 0.05) is 12.2 Å². The average molecular weight is 428 g/mol. The predicted molar refractivity (Wildman–Crippen MR) is 124 cm³/mol. The molecule has 0 aliphatic carbocycles. The van der Waals surface area contributed by atoms with Crippen LogP contribution in [-0.4, -0.2) is 30.8 Å². The first kappa shape index (κ1) is 20.3. The number of aliphatic hydroxyl groups is 1. The maximum atomic E-state index is 13.5. The molecule has 0 spiro atoms. The van der Waals surface area contributed by atoms with Crippen LogP contribution in [0.5, 0.6) is 11.5 Å². The van der Waals surface area contributed by atoms with Crippen LogP contribution in [0.2, 0.25) is 0 Å². The van der Waals surface area contributed by atoms with Crippen molar-refractivity contribution in [3.8, 4) is 11.5 Å². The largest absolute Gasteiger partial charge is 0.486 e. The number of rotatable bonds is 5. The van der Waals surface area contributed by atoms with E-state index in [9.17, 15) is 9.90 Å². The van der Waals surface area contributed by atoms with Gasteiger partial charge in [-0.25, -0.2) is 0 Å². The lowest BCUT2D eigenvalue weighted by molar-refractivity contribution is -0.126. The summed E-state index contributed by atoms with van der Waals surface area (Å²) in [6, 6.07) is 23.3. The zero-order valence-electron chi connectivity index (χ0n) is 17.7. The van der Waals surface area contributed by atoms with Crippen LogP contribution >= 0.6 is 0 Å². The van der Waals surface area contributed by atoms with E-state index in [1.807, 2.05) is 72.8 Å². The normalized spacial score (nSPS) is 18.5. The highest BCUT2D eigenvalue weighted by atomic mass is 16.6. The standard InChI is InChI=1S/C27H25NO4/c29-26(21-12-13-24-25(18-21)32-16-15-31-24)22-17-20-10-4-5-11-23(20)28(27(22)30)14-6-9-19-7-2-1-3-8-19/h1-13,18,22,26,29H,14-17H2/b9-6+. The van der Waals surface area contributed by atoms with Gasteiger partial charge in [-0.15, -0.1) is 0 Å². The van der Waals surface area contributed by atoms with Crippen molar-refractivity contribution in [3.05, 3.63) is 95.6 Å². The fourth-order valence-corrected chi connectivity index (χ4v) is 4.36. The number of fused-ring (bicyclic) bond motifs is 2. The van der Waals surface area contributed by atoms with Crippen molar-refractivity contribution in [1.82, 2.24) is 0 Å². The third kappa shape index (κ3) is 3.99. The SMILES string of the molecule is O=C1C(C(O)c2ccc3c(c2)OCCO3)Cc2ccccc2N1C/C=C/c1ccccc1. The number of ether oxygens (including phenoxy) is 2. The van der Waals surface area contributed by atoms with Crippen LogP contribution in [0.3, 0.4) is 0 Å². The summed E-state index contributed by atoms with van der Waals surface area (Å²) in [6.45, 7) is 1.43. The first-order valence-electron chi connectivity index (χ1n) is 10.9. The lowest BCUT2D eigenvalue weighted by Crippen LogP contribution is -2.43. The van der Waals surface area contributed by atoms with Crippen LogP contribution in [0.1, 0.15) is 22.8 Å². The molecule has 5 nitrogen and oxygen atoms in total. The van der Waals surface area contributed by atoms with Crippen LogP contribution in [0.4, 0.5) is 5.69 Å². The number of benzene rings is 3. The maximum absolute atomic E-state index is 13.5. The minimum Gasteiger partial charge on any atom is -0.486 e. The van der Waals surface area contributed by atoms with Crippen LogP contribution in [0.15, 0.2) is 78.9 Å². The first-order chi connectivity index (χ1) is 15.7. The first-order valence-corrected chi connectivity index (χ1v) is 10.9. The van der Waals surface area contributed by atoms with Gasteiger partial charge in [-0.2, -0.15) is 0 Å². The van der Waals surface area contributed by atoms with E-state index in [1.54, 1.807) is 17.0 Å². The average Bonchev–Trinajstić information content (AvgIpc) is 2.85. The molecule has 3 aromatic carbocycles. The van der Waals surface area contributed by atoms with E-state index < -0.39 is 12.0 Å². The Morgan fingerprint density at radius 1 is 0.969 bits per heavy atom. The molecular weight excluding hydrogens is 402 g/mol. The highest BCUT2D eigenvalue weighted by Gasteiger charge is 2.37. The number of anilines is 1. The Morgan fingerprint density at radius 2 is 1.72 bits per heavy atom. The fraction of sp³-hybridized carbons (Fsp3) is 0.222. The summed E-state index contributed by atoms with van der Waals surface area (Å²) in [5.74, 6) is 0.626. The molecule has 5 rings (SSSR count). The summed E-state index contributed by atoms with van der Waals surface area (Å²) in [5.41, 5.74) is 3.70. The van der Waals surface area contributed by atoms with Crippen LogP contribution in [-0.2, 0) is 11.2 Å². The summed E-state index contributed by atoms with van der Waals surface area (Å²) in [6.07, 6.45) is 3.55. The van der Waals surface area contributed by atoms with Gasteiger partial charge in [-0.1, -0.05) is 66.7 Å². The van der Waals surface area contributed by atoms with E-state index >= 15 is 0 Å². The van der Waals surface area contributed by atoms with E-state index in [0.717, 1.165) is 16.8 Å². The molecule has 2 aliphatic heterocycles. The topological polar surface area (TPSA) is 59.0 Å². The molecule has 3 aromatic rings. The van der Waals surface area contributed by atoms with E-state index in [2.05, 4.69) is 0 Å². The smallest absolute Gasteiger partial charge is 0.233 e. The molecule has 5 heteroatoms. The molecule has 0 fully saturated rings. The molecule has 0 aromatic heterocycles. The summed E-state index contributed by atoms with van der Waals surface area (Å²) >= 11 is 0. The van der Waals surface area contributed by atoms with Gasteiger partial charge in [-0.05, 0) is 41.3 Å². The zero-order valence-corrected chi connectivity index (χ0v) is 17.7. The van der Waals surface area contributed by atoms with Gasteiger partial charge >= 0.3 is 0 Å². The van der Waals surface area contributed by atoms with E-state index in [1.165, 1.54) is 0 Å². The number of nitrogens with zero attached hydrogens (tertiary/aromatic N) is 1. The minimum atomic E-state index is -0.938. The second-order valence-electron chi connectivity index (χ2n) is 8.05. The Morgan fingerprint density at radius 3 is 2.56 bits per heavy atom. The molecule has 162 valence electrons. The highest BCUT2D eigenvalue weighted by molar-refractivity contribution is 5.99. The fourth-order valence-electron chi connectivity index (χ4n) is 4.36. The lowest BCUT2D eigenvalue weighted by Gasteiger charge is -2.36. The quantitative estimate of drug-likeness (QED) is 0.655. The molecule has 2 aliphatic rings. The van der Waals surface area contributed by atoms with E-state index in [0.29, 0.717) is 43.2 Å². The second-order valence-corrected chi connectivity index (χ2v) is 8.05. The minimum absolute atomic E-state index is 0.0798. The Hall–Kier alpha value is -3.57. The Bertz CT molecular complexity index is 1140. The van der Waals surface area contributed by atoms with E-state index in [-0.39, 0.29) is 5.91 Å². The molecule has 1 amide bonds. The molecule has 0 saturated carbocycles. The Balaban J connectivity index is 1.41. The number of hydrogen-bond acceptors (Lipinski definition) is 4. The number of amides is 1. The Labute approximate surface area is 187 Å². The Kier molecular flexibility index (Phi) is 5.65. The van der Waals surface area contributed by atoms with Gasteiger partial charge in [0.05, 0.1) is 12.0 Å². The second kappa shape index (κ2) is 8.89. The molecule has 2 unspecified atom stereocenters. The van der Waals surface area contributed by atoms with Crippen molar-refractivity contribution in [2.75, 3.05) is 24.7 Å². The van der Waals surface area contributed by atoms with Crippen molar-refractivity contribution in [3.63, 3.8) is 0 Å². The summed E-state index contributed by atoms with van der Waals surface area (Å²) in [4.78, 5) is 15.3. The van der Waals surface area contributed by atoms with Crippen molar-refractivity contribution in [1.29, 1.82) is 0 Å². The highest BCUT2D eigenvalue weighted by Crippen LogP contribution is 2.39. The lowest BCUT2D eigenvalue weighted by atomic mass is 9.84. The van der Waals surface area contributed by atoms with Crippen molar-refractivity contribution in [2.45, 2.75) is 12.5 Å². The predicted octanol–water partition coefficient (Wildman–Crippen LogP) is 4.41. The van der Waals surface area contributed by atoms with Gasteiger partial charge in [-0.3, -0.25) is 4.79 Å². The van der Waals surface area contributed by atoms with Crippen LogP contribution < -0.4 is 14.4 Å². The number of aliphatic hydroxyl groups excluding tert-OH is 1. The van der Waals surface area contributed by atoms with E-state index in [4.69, 9.17) is 9.47 Å². The molecule has 32 heavy (non-hydrogen) atoms. The van der Waals surface area contributed by atoms with Crippen LogP contribution in [0.25, 0.3) is 6.08 Å². The number of hydrogen-bond donors (Lipinski definition) is 1. The number of carbonyl (C=O) groups is 1. The molecular formula is C27H25NO4. The van der Waals surface area contributed by atoms with Gasteiger partial charge in [0.1, 0.15) is 13.2 Å². The van der Waals surface area contributed by atoms with Crippen LogP contribution in [0, 0.1) is 5.92 Å². The molecule has 2 atom stereocenters. The third-order valence-corrected chi connectivity index (χ3v) is 5.99. The van der Waals surface area contributed by atoms with Gasteiger partial charge in [0.25, 0.3) is 0 Å². The number of carbonyl (C=O) groups excluding carboxylic acids is 1. The molecule has 0 saturated heterocycles. The summed E-state index contributed by atoms with van der Waals surface area (Å²) in [5, 5.41) is 11.2. The van der Waals surface area contributed by atoms with Crippen molar-refractivity contribution >= 4 is 17.7 Å². The zero-order chi connectivity index (χ0) is 21.9. The van der Waals surface area contributed by atoms with Gasteiger partial charge < -0.3 is 19.5 Å². The molecule has 0 bridgehead atoms. The molecule has 1 N–H and O–H groups in total. The van der Waals surface area contributed by atoms with Gasteiger partial charge in [0.2, 0.25) is 5.91 Å². The van der Waals surface area contributed by atoms with Gasteiger partial charge in [0.15, 0.2) is 11.5 Å². The van der Waals surface area contributed by atoms with Crippen molar-refractivity contribution < 1.29 is 19.4 Å². The third-order valence-electron chi connectivity index (χ3n) is 5.99. The monoisotopic (exact) mass is 427 g/mol. The molecule has 0 radical (unpaired) electrons. The maximum Gasteiger partial charge on any atom is 0.233 e. The summed E-state index contributed by atoms with van der Waals surface area (Å²) < 4.78 is 11.2.